The molecule has 0 bridgehead atoms. The number of rotatable bonds is 4. The number of methoxy groups -OCH3 is 1. The zero-order chi connectivity index (χ0) is 18.2. The topological polar surface area (TPSA) is 65.3 Å². The van der Waals surface area contributed by atoms with Crippen molar-refractivity contribution in [3.8, 4) is 17.6 Å². The standard InChI is InChI=1S/C20H23N5O2/c1-26-19-7-9-21-20(23-19)27-15-5-6-17-16(13-15)22-18-8-10-24(11-12-25(17)18)14-3-2-4-14/h5-7,9,13-14H,2-4,8,10-12H2,1H3. The highest BCUT2D eigenvalue weighted by atomic mass is 16.5. The molecular weight excluding hydrogens is 342 g/mol. The lowest BCUT2D eigenvalue weighted by atomic mass is 9.91. The molecule has 2 aromatic heterocycles. The van der Waals surface area contributed by atoms with Crippen molar-refractivity contribution < 1.29 is 9.47 Å². The number of benzene rings is 1. The summed E-state index contributed by atoms with van der Waals surface area (Å²) in [6, 6.07) is 8.75. The van der Waals surface area contributed by atoms with Crippen LogP contribution in [-0.2, 0) is 13.0 Å². The number of fused-ring (bicyclic) bond motifs is 3. The van der Waals surface area contributed by atoms with Gasteiger partial charge >= 0.3 is 6.01 Å². The van der Waals surface area contributed by atoms with Crippen molar-refractivity contribution in [1.82, 2.24) is 24.4 Å². The first-order valence-electron chi connectivity index (χ1n) is 9.58. The predicted octanol–water partition coefficient (Wildman–Crippen LogP) is 3.04. The van der Waals surface area contributed by atoms with Gasteiger partial charge in [0, 0.05) is 50.4 Å². The van der Waals surface area contributed by atoms with E-state index in [9.17, 15) is 0 Å². The summed E-state index contributed by atoms with van der Waals surface area (Å²) < 4.78 is 13.3. The lowest BCUT2D eigenvalue weighted by molar-refractivity contribution is 0.130. The zero-order valence-corrected chi connectivity index (χ0v) is 15.5. The van der Waals surface area contributed by atoms with Crippen molar-refractivity contribution in [2.45, 2.75) is 38.3 Å². The van der Waals surface area contributed by atoms with E-state index >= 15 is 0 Å². The molecule has 5 rings (SSSR count). The molecule has 3 heterocycles. The molecule has 1 fully saturated rings. The Hall–Kier alpha value is -2.67. The Morgan fingerprint density at radius 3 is 2.81 bits per heavy atom. The van der Waals surface area contributed by atoms with Gasteiger partial charge in [-0.05, 0) is 25.0 Å². The first-order valence-corrected chi connectivity index (χ1v) is 9.58. The molecule has 3 aromatic rings. The van der Waals surface area contributed by atoms with Crippen LogP contribution in [0, 0.1) is 0 Å². The summed E-state index contributed by atoms with van der Waals surface area (Å²) in [5, 5.41) is 0. The third-order valence-electron chi connectivity index (χ3n) is 5.65. The van der Waals surface area contributed by atoms with Gasteiger partial charge in [0.1, 0.15) is 11.6 Å². The minimum absolute atomic E-state index is 0.269. The van der Waals surface area contributed by atoms with Gasteiger partial charge < -0.3 is 14.0 Å². The quantitative estimate of drug-likeness (QED) is 0.708. The number of ether oxygens (including phenoxy) is 2. The molecule has 0 amide bonds. The monoisotopic (exact) mass is 365 g/mol. The van der Waals surface area contributed by atoms with E-state index in [0.29, 0.717) is 11.6 Å². The van der Waals surface area contributed by atoms with E-state index in [1.54, 1.807) is 19.4 Å². The Kier molecular flexibility index (Phi) is 4.16. The van der Waals surface area contributed by atoms with E-state index in [0.717, 1.165) is 37.6 Å². The highest BCUT2D eigenvalue weighted by Gasteiger charge is 2.27. The highest BCUT2D eigenvalue weighted by Crippen LogP contribution is 2.29. The first-order chi connectivity index (χ1) is 13.3. The van der Waals surface area contributed by atoms with Crippen LogP contribution >= 0.6 is 0 Å². The summed E-state index contributed by atoms with van der Waals surface area (Å²) in [7, 11) is 1.57. The van der Waals surface area contributed by atoms with Crippen LogP contribution in [0.15, 0.2) is 30.5 Å². The minimum atomic E-state index is 0.269. The van der Waals surface area contributed by atoms with E-state index in [1.165, 1.54) is 30.6 Å². The lowest BCUT2D eigenvalue weighted by Gasteiger charge is -2.36. The first kappa shape index (κ1) is 16.5. The minimum Gasteiger partial charge on any atom is -0.481 e. The maximum atomic E-state index is 5.80. The second-order valence-corrected chi connectivity index (χ2v) is 7.18. The normalized spacial score (nSPS) is 18.0. The largest absolute Gasteiger partial charge is 0.481 e. The van der Waals surface area contributed by atoms with Crippen LogP contribution in [0.5, 0.6) is 17.6 Å². The van der Waals surface area contributed by atoms with E-state index in [-0.39, 0.29) is 6.01 Å². The van der Waals surface area contributed by atoms with Gasteiger partial charge in [0.2, 0.25) is 5.88 Å². The molecule has 0 saturated heterocycles. The lowest BCUT2D eigenvalue weighted by Crippen LogP contribution is -2.41. The Labute approximate surface area is 158 Å². The van der Waals surface area contributed by atoms with E-state index in [2.05, 4.69) is 25.5 Å². The summed E-state index contributed by atoms with van der Waals surface area (Å²) in [4.78, 5) is 15.8. The summed E-state index contributed by atoms with van der Waals surface area (Å²) in [6.07, 6.45) is 6.72. The van der Waals surface area contributed by atoms with Crippen molar-refractivity contribution in [1.29, 1.82) is 0 Å². The molecule has 0 spiro atoms. The van der Waals surface area contributed by atoms with Gasteiger partial charge in [-0.2, -0.15) is 4.98 Å². The van der Waals surface area contributed by atoms with Crippen LogP contribution in [0.25, 0.3) is 11.0 Å². The molecule has 1 aliphatic carbocycles. The third-order valence-corrected chi connectivity index (χ3v) is 5.65. The van der Waals surface area contributed by atoms with Gasteiger partial charge in [0.25, 0.3) is 0 Å². The van der Waals surface area contributed by atoms with Crippen LogP contribution in [0.4, 0.5) is 0 Å². The molecule has 0 N–H and O–H groups in total. The van der Waals surface area contributed by atoms with E-state index in [4.69, 9.17) is 14.5 Å². The number of aromatic nitrogens is 4. The molecule has 0 radical (unpaired) electrons. The van der Waals surface area contributed by atoms with Gasteiger partial charge in [-0.25, -0.2) is 9.97 Å². The van der Waals surface area contributed by atoms with Gasteiger partial charge in [0.15, 0.2) is 0 Å². The number of imidazole rings is 1. The third kappa shape index (κ3) is 3.12. The smallest absolute Gasteiger partial charge is 0.325 e. The fraction of sp³-hybridized carbons (Fsp3) is 0.450. The molecule has 140 valence electrons. The average Bonchev–Trinajstić information content (AvgIpc) is 2.87. The van der Waals surface area contributed by atoms with Gasteiger partial charge in [-0.3, -0.25) is 4.90 Å². The fourth-order valence-corrected chi connectivity index (χ4v) is 3.96. The second-order valence-electron chi connectivity index (χ2n) is 7.18. The summed E-state index contributed by atoms with van der Waals surface area (Å²) in [5.41, 5.74) is 2.13. The SMILES string of the molecule is COc1ccnc(Oc2ccc3c(c2)nc2n3CCN(C3CCC3)CC2)n1. The highest BCUT2D eigenvalue weighted by molar-refractivity contribution is 5.78. The summed E-state index contributed by atoms with van der Waals surface area (Å²) in [6.45, 7) is 3.22. The molecule has 1 saturated carbocycles. The molecule has 2 aliphatic rings. The Morgan fingerprint density at radius 1 is 1.07 bits per heavy atom. The van der Waals surface area contributed by atoms with Crippen LogP contribution < -0.4 is 9.47 Å². The van der Waals surface area contributed by atoms with Crippen LogP contribution in [0.3, 0.4) is 0 Å². The Bertz CT molecular complexity index is 966. The maximum absolute atomic E-state index is 5.80. The summed E-state index contributed by atoms with van der Waals surface area (Å²) in [5.74, 6) is 2.33. The molecule has 7 nitrogen and oxygen atoms in total. The van der Waals surface area contributed by atoms with E-state index in [1.807, 2.05) is 12.1 Å². The molecule has 0 atom stereocenters. The average molecular weight is 365 g/mol. The molecule has 0 unspecified atom stereocenters. The summed E-state index contributed by atoms with van der Waals surface area (Å²) >= 11 is 0. The van der Waals surface area contributed by atoms with Crippen LogP contribution in [0.2, 0.25) is 0 Å². The van der Waals surface area contributed by atoms with Crippen molar-refractivity contribution in [2.24, 2.45) is 0 Å². The zero-order valence-electron chi connectivity index (χ0n) is 15.5. The number of hydrogen-bond acceptors (Lipinski definition) is 6. The van der Waals surface area contributed by atoms with Crippen molar-refractivity contribution in [2.75, 3.05) is 20.2 Å². The maximum Gasteiger partial charge on any atom is 0.325 e. The molecule has 1 aromatic carbocycles. The predicted molar refractivity (Wildman–Crippen MR) is 101 cm³/mol. The van der Waals surface area contributed by atoms with Crippen molar-refractivity contribution in [3.63, 3.8) is 0 Å². The van der Waals surface area contributed by atoms with Gasteiger partial charge in [0.05, 0.1) is 18.1 Å². The molecular formula is C20H23N5O2. The Morgan fingerprint density at radius 2 is 2.00 bits per heavy atom. The Balaban J connectivity index is 1.38. The van der Waals surface area contributed by atoms with Gasteiger partial charge in [-0.1, -0.05) is 6.42 Å². The number of nitrogens with zero attached hydrogens (tertiary/aromatic N) is 5. The van der Waals surface area contributed by atoms with Crippen molar-refractivity contribution >= 4 is 11.0 Å². The second kappa shape index (κ2) is 6.81. The fourth-order valence-electron chi connectivity index (χ4n) is 3.96. The van der Waals surface area contributed by atoms with E-state index < -0.39 is 0 Å². The van der Waals surface area contributed by atoms with Crippen LogP contribution in [0.1, 0.15) is 25.1 Å². The molecule has 27 heavy (non-hydrogen) atoms. The van der Waals surface area contributed by atoms with Crippen LogP contribution in [-0.4, -0.2) is 50.7 Å². The van der Waals surface area contributed by atoms with Crippen molar-refractivity contribution in [3.05, 3.63) is 36.3 Å². The number of hydrogen-bond donors (Lipinski definition) is 0. The molecule has 1 aliphatic heterocycles. The van der Waals surface area contributed by atoms with Gasteiger partial charge in [-0.15, -0.1) is 0 Å². The molecule has 7 heteroatoms.